The third-order valence-electron chi connectivity index (χ3n) is 2.44. The summed E-state index contributed by atoms with van der Waals surface area (Å²) >= 11 is 0. The first-order valence-corrected chi connectivity index (χ1v) is 5.90. The highest BCUT2D eigenvalue weighted by Crippen LogP contribution is 2.20. The van der Waals surface area contributed by atoms with Crippen LogP contribution in [0.1, 0.15) is 24.2 Å². The van der Waals surface area contributed by atoms with Gasteiger partial charge in [0.25, 0.3) is 5.89 Å². The van der Waals surface area contributed by atoms with E-state index < -0.39 is 0 Å². The average molecular weight is 247 g/mol. The van der Waals surface area contributed by atoms with Crippen molar-refractivity contribution in [3.05, 3.63) is 41.5 Å². The summed E-state index contributed by atoms with van der Waals surface area (Å²) in [4.78, 5) is 4.09. The molecular weight excluding hydrogens is 230 g/mol. The standard InChI is InChI=1S/C13H17N3O2/c1-9(14)7-11-5-3-4-6-12(11)17-8-13-15-10(2)16-18-13/h3-6,9H,7-8,14H2,1-2H3. The van der Waals surface area contributed by atoms with Crippen LogP contribution < -0.4 is 10.5 Å². The number of benzene rings is 1. The van der Waals surface area contributed by atoms with Crippen LogP contribution in [0.15, 0.2) is 28.8 Å². The van der Waals surface area contributed by atoms with Crippen molar-refractivity contribution in [2.24, 2.45) is 5.73 Å². The first-order chi connectivity index (χ1) is 8.65. The molecule has 5 heteroatoms. The van der Waals surface area contributed by atoms with E-state index in [0.717, 1.165) is 17.7 Å². The van der Waals surface area contributed by atoms with Gasteiger partial charge in [-0.05, 0) is 31.9 Å². The molecule has 1 aromatic heterocycles. The van der Waals surface area contributed by atoms with Gasteiger partial charge >= 0.3 is 0 Å². The van der Waals surface area contributed by atoms with Crippen LogP contribution in [0.5, 0.6) is 5.75 Å². The number of aryl methyl sites for hydroxylation is 1. The van der Waals surface area contributed by atoms with Crippen molar-refractivity contribution >= 4 is 0 Å². The minimum absolute atomic E-state index is 0.0976. The Morgan fingerprint density at radius 1 is 1.39 bits per heavy atom. The molecule has 5 nitrogen and oxygen atoms in total. The van der Waals surface area contributed by atoms with Crippen molar-refractivity contribution in [1.82, 2.24) is 10.1 Å². The van der Waals surface area contributed by atoms with Gasteiger partial charge in [0.2, 0.25) is 0 Å². The van der Waals surface area contributed by atoms with E-state index in [9.17, 15) is 0 Å². The molecule has 0 saturated carbocycles. The molecule has 1 heterocycles. The second-order valence-corrected chi connectivity index (χ2v) is 4.31. The highest BCUT2D eigenvalue weighted by Gasteiger charge is 2.08. The maximum absolute atomic E-state index is 5.81. The van der Waals surface area contributed by atoms with Crippen molar-refractivity contribution in [2.75, 3.05) is 0 Å². The molecule has 2 N–H and O–H groups in total. The van der Waals surface area contributed by atoms with Crippen LogP contribution in [-0.2, 0) is 13.0 Å². The molecule has 18 heavy (non-hydrogen) atoms. The summed E-state index contributed by atoms with van der Waals surface area (Å²) in [5.74, 6) is 1.89. The van der Waals surface area contributed by atoms with Gasteiger partial charge in [-0.2, -0.15) is 4.98 Å². The largest absolute Gasteiger partial charge is 0.483 e. The Morgan fingerprint density at radius 2 is 2.17 bits per heavy atom. The highest BCUT2D eigenvalue weighted by molar-refractivity contribution is 5.33. The molecular formula is C13H17N3O2. The fraction of sp³-hybridized carbons (Fsp3) is 0.385. The molecule has 0 aliphatic carbocycles. The van der Waals surface area contributed by atoms with Crippen molar-refractivity contribution in [3.8, 4) is 5.75 Å². The van der Waals surface area contributed by atoms with E-state index >= 15 is 0 Å². The Hall–Kier alpha value is -1.88. The first-order valence-electron chi connectivity index (χ1n) is 5.90. The first kappa shape index (κ1) is 12.6. The van der Waals surface area contributed by atoms with Crippen LogP contribution in [0, 0.1) is 6.92 Å². The van der Waals surface area contributed by atoms with Crippen LogP contribution in [0.4, 0.5) is 0 Å². The van der Waals surface area contributed by atoms with Crippen molar-refractivity contribution in [3.63, 3.8) is 0 Å². The fourth-order valence-electron chi connectivity index (χ4n) is 1.70. The second kappa shape index (κ2) is 5.64. The number of ether oxygens (including phenoxy) is 1. The topological polar surface area (TPSA) is 74.2 Å². The lowest BCUT2D eigenvalue weighted by Crippen LogP contribution is -2.18. The number of aromatic nitrogens is 2. The number of nitrogens with zero attached hydrogens (tertiary/aromatic N) is 2. The Labute approximate surface area is 106 Å². The number of hydrogen-bond donors (Lipinski definition) is 1. The van der Waals surface area contributed by atoms with Gasteiger partial charge < -0.3 is 15.0 Å². The van der Waals surface area contributed by atoms with Crippen LogP contribution in [0.3, 0.4) is 0 Å². The number of para-hydroxylation sites is 1. The van der Waals surface area contributed by atoms with E-state index in [1.165, 1.54) is 0 Å². The van der Waals surface area contributed by atoms with Crippen molar-refractivity contribution < 1.29 is 9.26 Å². The minimum Gasteiger partial charge on any atom is -0.483 e. The number of nitrogens with two attached hydrogens (primary N) is 1. The van der Waals surface area contributed by atoms with Gasteiger partial charge in [-0.15, -0.1) is 0 Å². The summed E-state index contributed by atoms with van der Waals surface area (Å²) < 4.78 is 10.7. The van der Waals surface area contributed by atoms with E-state index in [1.807, 2.05) is 31.2 Å². The predicted octanol–water partition coefficient (Wildman–Crippen LogP) is 1.85. The van der Waals surface area contributed by atoms with E-state index in [-0.39, 0.29) is 12.6 Å². The lowest BCUT2D eigenvalue weighted by Gasteiger charge is -2.11. The summed E-state index contributed by atoms with van der Waals surface area (Å²) in [5, 5.41) is 3.71. The quantitative estimate of drug-likeness (QED) is 0.872. The van der Waals surface area contributed by atoms with E-state index in [1.54, 1.807) is 6.92 Å². The molecule has 0 aliphatic heterocycles. The Balaban J connectivity index is 2.04. The van der Waals surface area contributed by atoms with Crippen LogP contribution in [-0.4, -0.2) is 16.2 Å². The SMILES string of the molecule is Cc1noc(COc2ccccc2CC(C)N)n1. The molecule has 1 aromatic carbocycles. The van der Waals surface area contributed by atoms with Crippen molar-refractivity contribution in [1.29, 1.82) is 0 Å². The third kappa shape index (κ3) is 3.30. The zero-order valence-electron chi connectivity index (χ0n) is 10.6. The van der Waals surface area contributed by atoms with Crippen molar-refractivity contribution in [2.45, 2.75) is 32.9 Å². The molecule has 1 atom stereocenters. The Bertz CT molecular complexity index is 508. The number of rotatable bonds is 5. The molecule has 0 fully saturated rings. The zero-order valence-corrected chi connectivity index (χ0v) is 10.6. The van der Waals surface area contributed by atoms with Gasteiger partial charge in [0, 0.05) is 6.04 Å². The van der Waals surface area contributed by atoms with Gasteiger partial charge in [-0.1, -0.05) is 23.4 Å². The molecule has 2 rings (SSSR count). The van der Waals surface area contributed by atoms with Gasteiger partial charge in [-0.3, -0.25) is 0 Å². The van der Waals surface area contributed by atoms with Crippen LogP contribution in [0.25, 0.3) is 0 Å². The molecule has 1 unspecified atom stereocenters. The zero-order chi connectivity index (χ0) is 13.0. The van der Waals surface area contributed by atoms with Gasteiger partial charge in [0.15, 0.2) is 12.4 Å². The Kier molecular flexibility index (Phi) is 3.94. The van der Waals surface area contributed by atoms with E-state index in [4.69, 9.17) is 15.0 Å². The average Bonchev–Trinajstić information content (AvgIpc) is 2.73. The summed E-state index contributed by atoms with van der Waals surface area (Å²) in [5.41, 5.74) is 6.89. The lowest BCUT2D eigenvalue weighted by molar-refractivity contribution is 0.240. The van der Waals surface area contributed by atoms with Crippen LogP contribution in [0.2, 0.25) is 0 Å². The predicted molar refractivity (Wildman–Crippen MR) is 67.2 cm³/mol. The summed E-state index contributed by atoms with van der Waals surface area (Å²) in [6, 6.07) is 7.93. The van der Waals surface area contributed by atoms with Gasteiger partial charge in [-0.25, -0.2) is 0 Å². The second-order valence-electron chi connectivity index (χ2n) is 4.31. The molecule has 2 aromatic rings. The van der Waals surface area contributed by atoms with Gasteiger partial charge in [0.1, 0.15) is 5.75 Å². The highest BCUT2D eigenvalue weighted by atomic mass is 16.5. The fourth-order valence-corrected chi connectivity index (χ4v) is 1.70. The lowest BCUT2D eigenvalue weighted by atomic mass is 10.1. The maximum Gasteiger partial charge on any atom is 0.264 e. The molecule has 0 amide bonds. The smallest absolute Gasteiger partial charge is 0.264 e. The Morgan fingerprint density at radius 3 is 2.83 bits per heavy atom. The third-order valence-corrected chi connectivity index (χ3v) is 2.44. The maximum atomic E-state index is 5.81. The van der Waals surface area contributed by atoms with E-state index in [0.29, 0.717) is 11.7 Å². The molecule has 96 valence electrons. The summed E-state index contributed by atoms with van der Waals surface area (Å²) in [7, 11) is 0. The van der Waals surface area contributed by atoms with E-state index in [2.05, 4.69) is 10.1 Å². The van der Waals surface area contributed by atoms with Crippen LogP contribution >= 0.6 is 0 Å². The molecule has 0 aliphatic rings. The normalized spacial score (nSPS) is 12.4. The molecule has 0 saturated heterocycles. The summed E-state index contributed by atoms with van der Waals surface area (Å²) in [6.45, 7) is 4.02. The molecule has 0 spiro atoms. The molecule has 0 bridgehead atoms. The monoisotopic (exact) mass is 247 g/mol. The summed E-state index contributed by atoms with van der Waals surface area (Å²) in [6.07, 6.45) is 0.777. The molecule has 0 radical (unpaired) electrons. The van der Waals surface area contributed by atoms with Gasteiger partial charge in [0.05, 0.1) is 0 Å². The minimum atomic E-state index is 0.0976. The number of hydrogen-bond acceptors (Lipinski definition) is 5.